The predicted octanol–water partition coefficient (Wildman–Crippen LogP) is 3.78. The molecule has 2 aromatic heterocycles. The van der Waals surface area contributed by atoms with E-state index in [-0.39, 0.29) is 23.6 Å². The summed E-state index contributed by atoms with van der Waals surface area (Å²) >= 11 is 0. The number of nitrogens with zero attached hydrogens (tertiary/aromatic N) is 2. The molecule has 2 aliphatic rings. The number of hydrogen-bond acceptors (Lipinski definition) is 5. The normalized spacial score (nSPS) is 16.3. The van der Waals surface area contributed by atoms with Crippen molar-refractivity contribution in [3.8, 4) is 28.8 Å². The van der Waals surface area contributed by atoms with Crippen molar-refractivity contribution >= 4 is 23.2 Å². The lowest BCUT2D eigenvalue weighted by molar-refractivity contribution is -0.125. The van der Waals surface area contributed by atoms with Crippen LogP contribution in [0, 0.1) is 17.7 Å². The van der Waals surface area contributed by atoms with Crippen LogP contribution in [0.3, 0.4) is 0 Å². The SMILES string of the molecule is C=CC(=O)N1CCC[C@H]1C#Cc1cnccc1-c1[nH]c2c(c1Nc1cccc(F)c1OC)C(=O)NCC2. The Labute approximate surface area is 213 Å². The number of aromatic amines is 1. The van der Waals surface area contributed by atoms with Crippen LogP contribution in [0.15, 0.2) is 49.3 Å². The summed E-state index contributed by atoms with van der Waals surface area (Å²) < 4.78 is 19.7. The molecule has 0 saturated carbocycles. The van der Waals surface area contributed by atoms with Crippen LogP contribution in [0.1, 0.15) is 34.5 Å². The number of carbonyl (C=O) groups excluding carboxylic acids is 2. The third kappa shape index (κ3) is 4.54. The highest BCUT2D eigenvalue weighted by atomic mass is 19.1. The fraction of sp³-hybridized carbons (Fsp3) is 0.250. The summed E-state index contributed by atoms with van der Waals surface area (Å²) in [6.45, 7) is 4.74. The van der Waals surface area contributed by atoms with Crippen molar-refractivity contribution in [3.05, 3.63) is 72.0 Å². The summed E-state index contributed by atoms with van der Waals surface area (Å²) in [4.78, 5) is 34.5. The molecule has 3 aromatic rings. The first-order valence-electron chi connectivity index (χ1n) is 12.0. The van der Waals surface area contributed by atoms with Gasteiger partial charge in [0.25, 0.3) is 5.91 Å². The first-order chi connectivity index (χ1) is 18.0. The van der Waals surface area contributed by atoms with Crippen LogP contribution in [0.2, 0.25) is 0 Å². The molecule has 4 heterocycles. The lowest BCUT2D eigenvalue weighted by Crippen LogP contribution is -2.33. The zero-order valence-electron chi connectivity index (χ0n) is 20.4. The molecule has 1 saturated heterocycles. The Bertz CT molecular complexity index is 1450. The lowest BCUT2D eigenvalue weighted by atomic mass is 10.0. The number of H-pyrrole nitrogens is 1. The summed E-state index contributed by atoms with van der Waals surface area (Å²) in [6, 6.07) is 6.17. The van der Waals surface area contributed by atoms with Gasteiger partial charge >= 0.3 is 0 Å². The smallest absolute Gasteiger partial charge is 0.255 e. The number of likely N-dealkylation sites (tertiary alicyclic amines) is 1. The molecule has 1 aromatic carbocycles. The number of rotatable bonds is 5. The van der Waals surface area contributed by atoms with Gasteiger partial charge in [-0.05, 0) is 37.1 Å². The van der Waals surface area contributed by atoms with Crippen LogP contribution in [0.25, 0.3) is 11.3 Å². The van der Waals surface area contributed by atoms with Gasteiger partial charge < -0.3 is 25.3 Å². The van der Waals surface area contributed by atoms with Crippen molar-refractivity contribution in [3.63, 3.8) is 0 Å². The van der Waals surface area contributed by atoms with Crippen LogP contribution in [0.5, 0.6) is 5.75 Å². The molecule has 188 valence electrons. The van der Waals surface area contributed by atoms with E-state index in [1.54, 1.807) is 29.4 Å². The van der Waals surface area contributed by atoms with Gasteiger partial charge in [0.2, 0.25) is 5.91 Å². The summed E-state index contributed by atoms with van der Waals surface area (Å²) in [6.07, 6.45) is 6.89. The molecule has 0 bridgehead atoms. The van der Waals surface area contributed by atoms with E-state index in [0.29, 0.717) is 47.7 Å². The maximum atomic E-state index is 14.4. The minimum Gasteiger partial charge on any atom is -0.492 e. The number of carbonyl (C=O) groups is 2. The molecule has 0 unspecified atom stereocenters. The van der Waals surface area contributed by atoms with Crippen molar-refractivity contribution < 1.29 is 18.7 Å². The predicted molar refractivity (Wildman–Crippen MR) is 138 cm³/mol. The van der Waals surface area contributed by atoms with E-state index >= 15 is 0 Å². The van der Waals surface area contributed by atoms with E-state index in [2.05, 4.69) is 39.0 Å². The second-order valence-corrected chi connectivity index (χ2v) is 8.76. The maximum Gasteiger partial charge on any atom is 0.255 e. The zero-order chi connectivity index (χ0) is 25.9. The number of hydrogen-bond donors (Lipinski definition) is 3. The average Bonchev–Trinajstić information content (AvgIpc) is 3.53. The van der Waals surface area contributed by atoms with Crippen molar-refractivity contribution in [2.75, 3.05) is 25.5 Å². The molecule has 37 heavy (non-hydrogen) atoms. The molecule has 0 spiro atoms. The number of amides is 2. The Morgan fingerprint density at radius 3 is 3.05 bits per heavy atom. The van der Waals surface area contributed by atoms with Crippen LogP contribution in [0.4, 0.5) is 15.8 Å². The second-order valence-electron chi connectivity index (χ2n) is 8.76. The van der Waals surface area contributed by atoms with E-state index in [4.69, 9.17) is 4.74 Å². The molecular formula is C28H26FN5O3. The Hall–Kier alpha value is -4.58. The van der Waals surface area contributed by atoms with Gasteiger partial charge in [0.15, 0.2) is 11.6 Å². The molecule has 5 rings (SSSR count). The minimum atomic E-state index is -0.520. The number of ether oxygens (including phenoxy) is 1. The number of halogens is 1. The van der Waals surface area contributed by atoms with Crippen molar-refractivity contribution in [2.24, 2.45) is 0 Å². The van der Waals surface area contributed by atoms with Gasteiger partial charge in [-0.1, -0.05) is 24.5 Å². The van der Waals surface area contributed by atoms with Gasteiger partial charge in [0.05, 0.1) is 41.3 Å². The van der Waals surface area contributed by atoms with E-state index in [1.807, 2.05) is 6.07 Å². The van der Waals surface area contributed by atoms with E-state index < -0.39 is 5.82 Å². The number of para-hydroxylation sites is 1. The molecule has 2 aliphatic heterocycles. The molecule has 0 radical (unpaired) electrons. The van der Waals surface area contributed by atoms with Crippen LogP contribution < -0.4 is 15.4 Å². The Morgan fingerprint density at radius 2 is 2.24 bits per heavy atom. The summed E-state index contributed by atoms with van der Waals surface area (Å²) in [7, 11) is 1.39. The number of pyridine rings is 1. The fourth-order valence-electron chi connectivity index (χ4n) is 4.83. The Kier molecular flexibility index (Phi) is 6.64. The van der Waals surface area contributed by atoms with Gasteiger partial charge in [0, 0.05) is 43.2 Å². The molecule has 2 amide bonds. The van der Waals surface area contributed by atoms with Gasteiger partial charge in [-0.25, -0.2) is 4.39 Å². The van der Waals surface area contributed by atoms with Crippen LogP contribution in [-0.4, -0.2) is 52.9 Å². The molecule has 1 atom stereocenters. The van der Waals surface area contributed by atoms with E-state index in [0.717, 1.165) is 24.1 Å². The summed E-state index contributed by atoms with van der Waals surface area (Å²) in [5.74, 6) is 5.58. The second kappa shape index (κ2) is 10.2. The first-order valence-corrected chi connectivity index (χ1v) is 12.0. The van der Waals surface area contributed by atoms with Gasteiger partial charge in [-0.3, -0.25) is 14.6 Å². The number of anilines is 2. The number of fused-ring (bicyclic) bond motifs is 1. The van der Waals surface area contributed by atoms with Crippen LogP contribution >= 0.6 is 0 Å². The molecule has 0 aliphatic carbocycles. The molecule has 3 N–H and O–H groups in total. The highest BCUT2D eigenvalue weighted by molar-refractivity contribution is 6.06. The van der Waals surface area contributed by atoms with Gasteiger partial charge in [-0.2, -0.15) is 0 Å². The van der Waals surface area contributed by atoms with Crippen molar-refractivity contribution in [1.29, 1.82) is 0 Å². The number of nitrogens with one attached hydrogen (secondary N) is 3. The molecule has 1 fully saturated rings. The van der Waals surface area contributed by atoms with E-state index in [1.165, 1.54) is 19.3 Å². The highest BCUT2D eigenvalue weighted by Gasteiger charge is 2.29. The average molecular weight is 500 g/mol. The third-order valence-corrected chi connectivity index (χ3v) is 6.57. The third-order valence-electron chi connectivity index (χ3n) is 6.57. The monoisotopic (exact) mass is 499 g/mol. The largest absolute Gasteiger partial charge is 0.492 e. The summed E-state index contributed by atoms with van der Waals surface area (Å²) in [5, 5.41) is 6.11. The number of aromatic nitrogens is 2. The highest BCUT2D eigenvalue weighted by Crippen LogP contribution is 2.40. The first kappa shape index (κ1) is 24.1. The summed E-state index contributed by atoms with van der Waals surface area (Å²) in [5.41, 5.74) is 4.10. The zero-order valence-corrected chi connectivity index (χ0v) is 20.4. The quantitative estimate of drug-likeness (QED) is 0.367. The van der Waals surface area contributed by atoms with Crippen molar-refractivity contribution in [1.82, 2.24) is 20.2 Å². The van der Waals surface area contributed by atoms with Gasteiger partial charge in [0.1, 0.15) is 0 Å². The van der Waals surface area contributed by atoms with E-state index in [9.17, 15) is 14.0 Å². The van der Waals surface area contributed by atoms with Gasteiger partial charge in [-0.15, -0.1) is 0 Å². The minimum absolute atomic E-state index is 0.0440. The Balaban J connectivity index is 1.61. The van der Waals surface area contributed by atoms with Crippen LogP contribution in [-0.2, 0) is 11.2 Å². The fourth-order valence-corrected chi connectivity index (χ4v) is 4.83. The molecular weight excluding hydrogens is 473 g/mol. The number of benzene rings is 1. The Morgan fingerprint density at radius 1 is 1.38 bits per heavy atom. The molecule has 8 nitrogen and oxygen atoms in total. The standard InChI is InChI=1S/C28H26FN5O3/c1-3-23(35)34-15-5-6-18(34)10-9-17-16-30-13-11-19(17)25-26(24-21(32-25)12-14-31-28(24)36)33-22-8-4-7-20(29)27(22)37-2/h3-4,7-8,11,13,16,18,32-33H,1,5-6,12,14-15H2,2H3,(H,31,36)/t18-/m0/s1. The van der Waals surface area contributed by atoms with Crippen molar-refractivity contribution in [2.45, 2.75) is 25.3 Å². The lowest BCUT2D eigenvalue weighted by Gasteiger charge is -2.18. The number of methoxy groups -OCH3 is 1. The topological polar surface area (TPSA) is 99.3 Å². The maximum absolute atomic E-state index is 14.4. The molecule has 9 heteroatoms.